The highest BCUT2D eigenvalue weighted by Gasteiger charge is 2.22. The smallest absolute Gasteiger partial charge is 0.164 e. The lowest BCUT2D eigenvalue weighted by molar-refractivity contribution is 1.07. The third-order valence-corrected chi connectivity index (χ3v) is 13.7. The summed E-state index contributed by atoms with van der Waals surface area (Å²) in [5.74, 6) is 1.88. The maximum absolute atomic E-state index is 5.35. The van der Waals surface area contributed by atoms with E-state index in [1.54, 1.807) is 0 Å². The van der Waals surface area contributed by atoms with Crippen molar-refractivity contribution < 1.29 is 0 Å². The van der Waals surface area contributed by atoms with Gasteiger partial charge in [0, 0.05) is 55.0 Å². The van der Waals surface area contributed by atoms with E-state index < -0.39 is 0 Å². The molecular formula is C63H39N5. The highest BCUT2D eigenvalue weighted by atomic mass is 15.0. The van der Waals surface area contributed by atoms with Crippen LogP contribution >= 0.6 is 0 Å². The molecule has 0 aliphatic heterocycles. The molecule has 68 heavy (non-hydrogen) atoms. The normalized spacial score (nSPS) is 11.8. The van der Waals surface area contributed by atoms with Crippen molar-refractivity contribution in [3.8, 4) is 56.7 Å². The molecule has 3 aromatic heterocycles. The highest BCUT2D eigenvalue weighted by Crippen LogP contribution is 2.44. The van der Waals surface area contributed by atoms with Crippen molar-refractivity contribution in [2.75, 3.05) is 0 Å². The molecule has 0 fully saturated rings. The molecule has 14 aromatic rings. The highest BCUT2D eigenvalue weighted by molar-refractivity contribution is 6.29. The van der Waals surface area contributed by atoms with Gasteiger partial charge in [0.05, 0.1) is 22.1 Å². The molecule has 0 N–H and O–H groups in total. The summed E-state index contributed by atoms with van der Waals surface area (Å²) in [4.78, 5) is 15.8. The van der Waals surface area contributed by atoms with E-state index in [4.69, 9.17) is 15.0 Å². The van der Waals surface area contributed by atoms with Crippen molar-refractivity contribution >= 4 is 75.9 Å². The zero-order chi connectivity index (χ0) is 44.7. The molecule has 3 heterocycles. The zero-order valence-electron chi connectivity index (χ0n) is 36.8. The summed E-state index contributed by atoms with van der Waals surface area (Å²) in [5, 5.41) is 11.8. The quantitative estimate of drug-likeness (QED) is 0.156. The molecule has 0 aliphatic carbocycles. The fraction of sp³-hybridized carbons (Fsp3) is 0. The van der Waals surface area contributed by atoms with Crippen LogP contribution in [0.1, 0.15) is 0 Å². The van der Waals surface area contributed by atoms with E-state index >= 15 is 0 Å². The number of benzene rings is 11. The van der Waals surface area contributed by atoms with Crippen LogP contribution in [0, 0.1) is 0 Å². The molecule has 0 saturated carbocycles. The fourth-order valence-corrected chi connectivity index (χ4v) is 10.7. The van der Waals surface area contributed by atoms with E-state index in [1.807, 2.05) is 36.4 Å². The summed E-state index contributed by atoms with van der Waals surface area (Å²) in [6.07, 6.45) is 0. The molecular weight excluding hydrogens is 827 g/mol. The largest absolute Gasteiger partial charge is 0.309 e. The average Bonchev–Trinajstić information content (AvgIpc) is 3.93. The summed E-state index contributed by atoms with van der Waals surface area (Å²) in [7, 11) is 0. The summed E-state index contributed by atoms with van der Waals surface area (Å²) < 4.78 is 4.80. The summed E-state index contributed by atoms with van der Waals surface area (Å²) in [5.41, 5.74) is 12.0. The zero-order valence-corrected chi connectivity index (χ0v) is 36.8. The van der Waals surface area contributed by atoms with Crippen molar-refractivity contribution in [3.05, 3.63) is 237 Å². The van der Waals surface area contributed by atoms with Gasteiger partial charge in [0.1, 0.15) is 0 Å². The van der Waals surface area contributed by atoms with E-state index in [0.717, 1.165) is 55.3 Å². The minimum absolute atomic E-state index is 0.622. The fourth-order valence-electron chi connectivity index (χ4n) is 10.7. The predicted molar refractivity (Wildman–Crippen MR) is 283 cm³/mol. The van der Waals surface area contributed by atoms with Crippen molar-refractivity contribution in [2.45, 2.75) is 0 Å². The lowest BCUT2D eigenvalue weighted by Gasteiger charge is -2.18. The van der Waals surface area contributed by atoms with Crippen LogP contribution in [-0.4, -0.2) is 24.1 Å². The molecule has 11 aromatic carbocycles. The van der Waals surface area contributed by atoms with Crippen LogP contribution in [0.3, 0.4) is 0 Å². The number of fused-ring (bicyclic) bond motifs is 12. The first-order valence-electron chi connectivity index (χ1n) is 23.1. The molecule has 0 atom stereocenters. The lowest BCUT2D eigenvalue weighted by Crippen LogP contribution is -2.02. The molecule has 0 aliphatic rings. The maximum Gasteiger partial charge on any atom is 0.164 e. The molecule has 5 nitrogen and oxygen atoms in total. The molecule has 316 valence electrons. The number of hydrogen-bond acceptors (Lipinski definition) is 3. The van der Waals surface area contributed by atoms with Gasteiger partial charge < -0.3 is 9.13 Å². The minimum atomic E-state index is 0.622. The van der Waals surface area contributed by atoms with Gasteiger partial charge in [-0.05, 0) is 98.7 Å². The summed E-state index contributed by atoms with van der Waals surface area (Å²) >= 11 is 0. The Bertz CT molecular complexity index is 4250. The van der Waals surface area contributed by atoms with Crippen LogP contribution in [0.25, 0.3) is 133 Å². The van der Waals surface area contributed by atoms with E-state index in [0.29, 0.717) is 17.5 Å². The van der Waals surface area contributed by atoms with Crippen LogP contribution in [-0.2, 0) is 0 Å². The van der Waals surface area contributed by atoms with E-state index in [1.165, 1.54) is 59.9 Å². The molecule has 14 rings (SSSR count). The maximum atomic E-state index is 5.35. The second kappa shape index (κ2) is 15.2. The molecule has 0 radical (unpaired) electrons. The number of para-hydroxylation sites is 3. The van der Waals surface area contributed by atoms with Gasteiger partial charge in [0.15, 0.2) is 17.5 Å². The standard InChI is InChI=1S/C63H39N5/c1-4-18-40(19-5-1)61-64-62(41-20-6-2-7-21-41)66-63(65-61)55-39-45(38-54-48-26-11-10-24-46(48)47-25-12-13-29-51(47)60(54)55)68-57-31-17-15-28-50(57)53-37-43(33-35-59(53)68)42-32-34-58-52(36-42)49-27-14-16-30-56(49)67(58)44-22-8-3-9-23-44/h1-39H. The molecule has 0 spiro atoms. The second-order valence-electron chi connectivity index (χ2n) is 17.5. The topological polar surface area (TPSA) is 48.5 Å². The van der Waals surface area contributed by atoms with E-state index in [9.17, 15) is 0 Å². The van der Waals surface area contributed by atoms with Crippen molar-refractivity contribution in [2.24, 2.45) is 0 Å². The van der Waals surface area contributed by atoms with Gasteiger partial charge in [-0.2, -0.15) is 0 Å². The molecule has 0 unspecified atom stereocenters. The molecule has 0 amide bonds. The Kier molecular flexibility index (Phi) is 8.52. The van der Waals surface area contributed by atoms with E-state index in [2.05, 4.69) is 209 Å². The van der Waals surface area contributed by atoms with Gasteiger partial charge in [0.25, 0.3) is 0 Å². The monoisotopic (exact) mass is 865 g/mol. The summed E-state index contributed by atoms with van der Waals surface area (Å²) in [6.45, 7) is 0. The first-order valence-corrected chi connectivity index (χ1v) is 23.1. The third-order valence-electron chi connectivity index (χ3n) is 13.7. The second-order valence-corrected chi connectivity index (χ2v) is 17.5. The SMILES string of the molecule is c1ccc(-c2nc(-c3ccccc3)nc(-c3cc(-n4c5ccccc5c5cc(-c6ccc7c(c6)c6ccccc6n7-c6ccccc6)ccc54)cc4c5ccccc5c5ccccc5c34)n2)cc1. The van der Waals surface area contributed by atoms with Crippen LogP contribution in [0.4, 0.5) is 0 Å². The van der Waals surface area contributed by atoms with Gasteiger partial charge in [-0.3, -0.25) is 0 Å². The lowest BCUT2D eigenvalue weighted by atomic mass is 9.91. The van der Waals surface area contributed by atoms with Crippen molar-refractivity contribution in [1.29, 1.82) is 0 Å². The molecule has 5 heteroatoms. The van der Waals surface area contributed by atoms with Gasteiger partial charge in [-0.25, -0.2) is 15.0 Å². The Labute approximate surface area is 391 Å². The van der Waals surface area contributed by atoms with Crippen molar-refractivity contribution in [1.82, 2.24) is 24.1 Å². The van der Waals surface area contributed by atoms with Gasteiger partial charge >= 0.3 is 0 Å². The Morgan fingerprint density at radius 2 is 0.632 bits per heavy atom. The first-order chi connectivity index (χ1) is 33.7. The number of aromatic nitrogens is 5. The predicted octanol–water partition coefficient (Wildman–Crippen LogP) is 16.2. The Balaban J connectivity index is 1.03. The first kappa shape index (κ1) is 38.1. The number of nitrogens with zero attached hydrogens (tertiary/aromatic N) is 5. The van der Waals surface area contributed by atoms with Crippen LogP contribution in [0.15, 0.2) is 237 Å². The van der Waals surface area contributed by atoms with E-state index in [-0.39, 0.29) is 0 Å². The van der Waals surface area contributed by atoms with Crippen LogP contribution < -0.4 is 0 Å². The molecule has 0 bridgehead atoms. The van der Waals surface area contributed by atoms with Crippen LogP contribution in [0.5, 0.6) is 0 Å². The average molecular weight is 866 g/mol. The minimum Gasteiger partial charge on any atom is -0.309 e. The van der Waals surface area contributed by atoms with Crippen molar-refractivity contribution in [3.63, 3.8) is 0 Å². The third kappa shape index (κ3) is 5.93. The van der Waals surface area contributed by atoms with Gasteiger partial charge in [-0.15, -0.1) is 0 Å². The number of rotatable bonds is 6. The summed E-state index contributed by atoms with van der Waals surface area (Å²) in [6, 6.07) is 84.7. The molecule has 0 saturated heterocycles. The number of hydrogen-bond donors (Lipinski definition) is 0. The van der Waals surface area contributed by atoms with Gasteiger partial charge in [0.2, 0.25) is 0 Å². The Hall–Kier alpha value is -9.19. The van der Waals surface area contributed by atoms with Crippen LogP contribution in [0.2, 0.25) is 0 Å². The Morgan fingerprint density at radius 1 is 0.235 bits per heavy atom. The van der Waals surface area contributed by atoms with Gasteiger partial charge in [-0.1, -0.05) is 176 Å². The Morgan fingerprint density at radius 3 is 1.18 bits per heavy atom.